The van der Waals surface area contributed by atoms with E-state index < -0.39 is 0 Å². The Balaban J connectivity index is 1.84. The molecular formula is C17H26N4O4S. The molecule has 0 spiro atoms. The highest BCUT2D eigenvalue weighted by Crippen LogP contribution is 2.27. The summed E-state index contributed by atoms with van der Waals surface area (Å²) in [5.74, 6) is -0.494. The summed E-state index contributed by atoms with van der Waals surface area (Å²) < 4.78 is 5.01. The van der Waals surface area contributed by atoms with Crippen LogP contribution >= 0.6 is 11.3 Å². The Morgan fingerprint density at radius 3 is 2.46 bits per heavy atom. The summed E-state index contributed by atoms with van der Waals surface area (Å²) in [7, 11) is 3.46. The normalized spacial score (nSPS) is 14.8. The van der Waals surface area contributed by atoms with Gasteiger partial charge in [-0.3, -0.25) is 9.69 Å². The number of hydrogen-bond donors (Lipinski definition) is 1. The van der Waals surface area contributed by atoms with Crippen LogP contribution in [-0.4, -0.2) is 86.0 Å². The second-order valence-corrected chi connectivity index (χ2v) is 7.38. The lowest BCUT2D eigenvalue weighted by Gasteiger charge is -2.35. The van der Waals surface area contributed by atoms with E-state index >= 15 is 0 Å². The van der Waals surface area contributed by atoms with Crippen molar-refractivity contribution in [1.82, 2.24) is 14.7 Å². The second-order valence-electron chi connectivity index (χ2n) is 6.33. The van der Waals surface area contributed by atoms with Crippen LogP contribution in [0.2, 0.25) is 0 Å². The number of carbonyl (C=O) groups excluding carboxylic acids is 3. The van der Waals surface area contributed by atoms with E-state index in [1.165, 1.54) is 11.3 Å². The fourth-order valence-electron chi connectivity index (χ4n) is 2.70. The molecule has 144 valence electrons. The molecule has 0 saturated carbocycles. The third-order valence-corrected chi connectivity index (χ3v) is 5.17. The first-order valence-corrected chi connectivity index (χ1v) is 9.39. The van der Waals surface area contributed by atoms with Crippen molar-refractivity contribution < 1.29 is 19.1 Å². The van der Waals surface area contributed by atoms with Gasteiger partial charge in [-0.05, 0) is 25.5 Å². The predicted molar refractivity (Wildman–Crippen MR) is 101 cm³/mol. The number of thiophene rings is 1. The molecule has 1 N–H and O–H groups in total. The number of carbonyl (C=O) groups is 3. The minimum atomic E-state index is -0.364. The van der Waals surface area contributed by atoms with E-state index in [1.807, 2.05) is 11.8 Å². The minimum absolute atomic E-state index is 0.00495. The highest BCUT2D eigenvalue weighted by atomic mass is 32.1. The molecule has 0 aliphatic carbocycles. The zero-order valence-electron chi connectivity index (χ0n) is 15.7. The zero-order chi connectivity index (χ0) is 19.3. The van der Waals surface area contributed by atoms with Crippen LogP contribution in [0.3, 0.4) is 0 Å². The number of hydrogen-bond acceptors (Lipinski definition) is 6. The Labute approximate surface area is 157 Å². The van der Waals surface area contributed by atoms with Crippen LogP contribution in [0.25, 0.3) is 0 Å². The van der Waals surface area contributed by atoms with E-state index in [0.717, 1.165) is 5.56 Å². The maximum atomic E-state index is 12.3. The number of nitrogens with zero attached hydrogens (tertiary/aromatic N) is 3. The molecule has 1 aromatic rings. The van der Waals surface area contributed by atoms with E-state index in [2.05, 4.69) is 5.32 Å². The van der Waals surface area contributed by atoms with Gasteiger partial charge in [0.2, 0.25) is 5.91 Å². The molecule has 9 heteroatoms. The summed E-state index contributed by atoms with van der Waals surface area (Å²) in [5.41, 5.74) is 0.791. The largest absolute Gasteiger partial charge is 0.462 e. The van der Waals surface area contributed by atoms with Gasteiger partial charge in [0.25, 0.3) is 0 Å². The van der Waals surface area contributed by atoms with E-state index in [-0.39, 0.29) is 24.5 Å². The van der Waals surface area contributed by atoms with Gasteiger partial charge in [-0.1, -0.05) is 0 Å². The molecule has 2 rings (SSSR count). The van der Waals surface area contributed by atoms with Gasteiger partial charge in [-0.25, -0.2) is 9.59 Å². The van der Waals surface area contributed by atoms with E-state index in [4.69, 9.17) is 4.74 Å². The van der Waals surface area contributed by atoms with Gasteiger partial charge in [0.1, 0.15) is 4.88 Å². The van der Waals surface area contributed by atoms with Gasteiger partial charge in [-0.2, -0.15) is 0 Å². The molecule has 1 fully saturated rings. The SMILES string of the molecule is CCOC(=O)c1sc(NC(=O)CN2CCN(C(=O)N(C)C)CC2)cc1C. The lowest BCUT2D eigenvalue weighted by molar-refractivity contribution is -0.117. The number of piperazine rings is 1. The standard InChI is InChI=1S/C17H26N4O4S/c1-5-25-16(23)15-12(2)10-14(26-15)18-13(22)11-20-6-8-21(9-7-20)17(24)19(3)4/h10H,5-9,11H2,1-4H3,(H,18,22). The molecule has 0 bridgehead atoms. The molecule has 1 aliphatic heterocycles. The highest BCUT2D eigenvalue weighted by Gasteiger charge is 2.23. The van der Waals surface area contributed by atoms with Crippen molar-refractivity contribution in [3.8, 4) is 0 Å². The number of nitrogens with one attached hydrogen (secondary N) is 1. The van der Waals surface area contributed by atoms with Gasteiger partial charge < -0.3 is 19.9 Å². The van der Waals surface area contributed by atoms with E-state index in [0.29, 0.717) is 42.7 Å². The molecule has 0 atom stereocenters. The van der Waals surface area contributed by atoms with Crippen molar-refractivity contribution in [1.29, 1.82) is 0 Å². The van der Waals surface area contributed by atoms with Crippen molar-refractivity contribution in [2.45, 2.75) is 13.8 Å². The lowest BCUT2D eigenvalue weighted by Crippen LogP contribution is -2.52. The van der Waals surface area contributed by atoms with Crippen LogP contribution in [0.5, 0.6) is 0 Å². The van der Waals surface area contributed by atoms with Crippen molar-refractivity contribution in [3.05, 3.63) is 16.5 Å². The summed E-state index contributed by atoms with van der Waals surface area (Å²) in [6.07, 6.45) is 0. The quantitative estimate of drug-likeness (QED) is 0.780. The first-order chi connectivity index (χ1) is 12.3. The average molecular weight is 382 g/mol. The van der Waals surface area contributed by atoms with Crippen LogP contribution in [0.15, 0.2) is 6.07 Å². The number of anilines is 1. The first kappa shape index (κ1) is 20.2. The van der Waals surface area contributed by atoms with Gasteiger partial charge in [0, 0.05) is 40.3 Å². The third-order valence-electron chi connectivity index (χ3n) is 4.03. The van der Waals surface area contributed by atoms with Crippen molar-refractivity contribution in [3.63, 3.8) is 0 Å². The molecule has 1 aliphatic rings. The average Bonchev–Trinajstić information content (AvgIpc) is 2.95. The molecule has 1 aromatic heterocycles. The number of amides is 3. The molecular weight excluding hydrogens is 356 g/mol. The van der Waals surface area contributed by atoms with Gasteiger partial charge in [-0.15, -0.1) is 11.3 Å². The fraction of sp³-hybridized carbons (Fsp3) is 0.588. The van der Waals surface area contributed by atoms with Crippen LogP contribution in [0, 0.1) is 6.92 Å². The van der Waals surface area contributed by atoms with Crippen LogP contribution in [0.1, 0.15) is 22.2 Å². The second kappa shape index (κ2) is 9.00. The third kappa shape index (κ3) is 5.18. The lowest BCUT2D eigenvalue weighted by atomic mass is 10.3. The Bertz CT molecular complexity index is 666. The monoisotopic (exact) mass is 382 g/mol. The maximum absolute atomic E-state index is 12.3. The van der Waals surface area contributed by atoms with Crippen LogP contribution in [0.4, 0.5) is 9.80 Å². The fourth-order valence-corrected chi connectivity index (χ4v) is 3.69. The number of rotatable bonds is 5. The molecule has 8 nitrogen and oxygen atoms in total. The zero-order valence-corrected chi connectivity index (χ0v) is 16.5. The Kier molecular flexibility index (Phi) is 6.98. The first-order valence-electron chi connectivity index (χ1n) is 8.57. The highest BCUT2D eigenvalue weighted by molar-refractivity contribution is 7.18. The molecule has 0 radical (unpaired) electrons. The smallest absolute Gasteiger partial charge is 0.348 e. The Hall–Kier alpha value is -2.13. The number of aryl methyl sites for hydroxylation is 1. The summed E-state index contributed by atoms with van der Waals surface area (Å²) in [6, 6.07) is 1.78. The van der Waals surface area contributed by atoms with E-state index in [1.54, 1.807) is 36.9 Å². The maximum Gasteiger partial charge on any atom is 0.348 e. The van der Waals surface area contributed by atoms with E-state index in [9.17, 15) is 14.4 Å². The molecule has 1 saturated heterocycles. The molecule has 3 amide bonds. The number of urea groups is 1. The molecule has 0 unspecified atom stereocenters. The van der Waals surface area contributed by atoms with Gasteiger partial charge in [0.15, 0.2) is 0 Å². The number of esters is 1. The Morgan fingerprint density at radius 2 is 1.88 bits per heavy atom. The summed E-state index contributed by atoms with van der Waals surface area (Å²) >= 11 is 1.22. The van der Waals surface area contributed by atoms with Crippen LogP contribution in [-0.2, 0) is 9.53 Å². The van der Waals surface area contributed by atoms with Crippen molar-refractivity contribution >= 4 is 34.2 Å². The summed E-state index contributed by atoms with van der Waals surface area (Å²) in [5, 5.41) is 3.48. The van der Waals surface area contributed by atoms with Gasteiger partial charge >= 0.3 is 12.0 Å². The summed E-state index contributed by atoms with van der Waals surface area (Å²) in [6.45, 7) is 6.69. The van der Waals surface area contributed by atoms with Crippen molar-refractivity contribution in [2.24, 2.45) is 0 Å². The predicted octanol–water partition coefficient (Wildman–Crippen LogP) is 1.47. The Morgan fingerprint density at radius 1 is 1.23 bits per heavy atom. The topological polar surface area (TPSA) is 82.2 Å². The number of ether oxygens (including phenoxy) is 1. The van der Waals surface area contributed by atoms with Gasteiger partial charge in [0.05, 0.1) is 18.2 Å². The molecule has 26 heavy (non-hydrogen) atoms. The molecule has 0 aromatic carbocycles. The van der Waals surface area contributed by atoms with Crippen LogP contribution < -0.4 is 5.32 Å². The minimum Gasteiger partial charge on any atom is -0.462 e. The summed E-state index contributed by atoms with van der Waals surface area (Å²) in [4.78, 5) is 41.9. The molecule has 2 heterocycles. The van der Waals surface area contributed by atoms with Crippen molar-refractivity contribution in [2.75, 3.05) is 58.7 Å².